The lowest BCUT2D eigenvalue weighted by atomic mass is 9.78. The number of carboxylic acid groups (broad SMARTS) is 2. The summed E-state index contributed by atoms with van der Waals surface area (Å²) in [5, 5.41) is 28.2. The number of pyridine rings is 4. The summed E-state index contributed by atoms with van der Waals surface area (Å²) >= 11 is 0. The topological polar surface area (TPSA) is 147 Å². The van der Waals surface area contributed by atoms with Crippen LogP contribution in [-0.2, 0) is 6.54 Å². The lowest BCUT2D eigenvalue weighted by Gasteiger charge is -2.26. The monoisotopic (exact) mass is 571 g/mol. The lowest BCUT2D eigenvalue weighted by Crippen LogP contribution is -2.36. The van der Waals surface area contributed by atoms with E-state index in [-0.39, 0.29) is 48.1 Å². The molecule has 0 fully saturated rings. The number of nitrogens with zero attached hydrogens (tertiary/aromatic N) is 4. The third-order valence-corrected chi connectivity index (χ3v) is 7.38. The number of aromatic carboxylic acids is 2. The van der Waals surface area contributed by atoms with Crippen molar-refractivity contribution in [3.8, 4) is 5.75 Å². The Bertz CT molecular complexity index is 1420. The fourth-order valence-electron chi connectivity index (χ4n) is 5.15. The molecule has 0 aromatic carbocycles. The highest BCUT2D eigenvalue weighted by molar-refractivity contribution is 5.90. The molecule has 0 saturated carbocycles. The van der Waals surface area contributed by atoms with Crippen molar-refractivity contribution in [3.63, 3.8) is 0 Å². The van der Waals surface area contributed by atoms with Crippen LogP contribution in [0, 0.1) is 0 Å². The normalized spacial score (nSPS) is 13.2. The molecule has 3 N–H and O–H groups in total. The molecule has 0 saturated heterocycles. The van der Waals surface area contributed by atoms with Crippen LogP contribution in [0.25, 0.3) is 0 Å². The molecule has 10 nitrogen and oxygen atoms in total. The first-order chi connectivity index (χ1) is 20.3. The SMILES string of the molecule is CC(CC(CC(CCO)c1ccncc1)c1ccncc1)c1cc[n+](CCOc2cc(C(=O)O)nc(C(=O)O)c2)cc1. The molecule has 3 atom stereocenters. The molecule has 4 aromatic heterocycles. The summed E-state index contributed by atoms with van der Waals surface area (Å²) in [5.74, 6) is -1.77. The molecule has 0 amide bonds. The van der Waals surface area contributed by atoms with Crippen LogP contribution in [0.3, 0.4) is 0 Å². The van der Waals surface area contributed by atoms with Gasteiger partial charge in [-0.25, -0.2) is 19.1 Å². The Morgan fingerprint density at radius 1 is 0.810 bits per heavy atom. The zero-order valence-electron chi connectivity index (χ0n) is 23.4. The minimum absolute atomic E-state index is 0.122. The van der Waals surface area contributed by atoms with Gasteiger partial charge in [-0.15, -0.1) is 0 Å². The van der Waals surface area contributed by atoms with Crippen molar-refractivity contribution in [1.82, 2.24) is 15.0 Å². The van der Waals surface area contributed by atoms with Crippen LogP contribution >= 0.6 is 0 Å². The quantitative estimate of drug-likeness (QED) is 0.176. The van der Waals surface area contributed by atoms with E-state index in [1.54, 1.807) is 12.4 Å². The van der Waals surface area contributed by atoms with Crippen molar-refractivity contribution in [1.29, 1.82) is 0 Å². The Balaban J connectivity index is 1.41. The van der Waals surface area contributed by atoms with Gasteiger partial charge in [0.05, 0.1) is 0 Å². The summed E-state index contributed by atoms with van der Waals surface area (Å²) in [4.78, 5) is 34.5. The fourth-order valence-corrected chi connectivity index (χ4v) is 5.15. The summed E-state index contributed by atoms with van der Waals surface area (Å²) in [6.45, 7) is 3.04. The average Bonchev–Trinajstić information content (AvgIpc) is 3.01. The van der Waals surface area contributed by atoms with Gasteiger partial charge in [0.2, 0.25) is 0 Å². The number of carboxylic acids is 2. The van der Waals surface area contributed by atoms with Crippen LogP contribution in [0.2, 0.25) is 0 Å². The van der Waals surface area contributed by atoms with Gasteiger partial charge in [0, 0.05) is 55.7 Å². The van der Waals surface area contributed by atoms with Gasteiger partial charge >= 0.3 is 11.9 Å². The van der Waals surface area contributed by atoms with Crippen molar-refractivity contribution in [2.24, 2.45) is 0 Å². The standard InChI is InChI=1S/C32H34N4O6/c1-22(18-27(25-4-11-34-12-5-25)19-26(8-16-37)24-2-9-33-10-3-24)23-6-13-36(14-7-23)15-17-42-28-20-29(31(38)39)35-30(21-28)32(40)41/h2-7,9-14,20-22,26-27,37H,8,15-19H2,1H3,(H-,38,39,40,41)/p+1. The summed E-state index contributed by atoms with van der Waals surface area (Å²) < 4.78 is 7.60. The van der Waals surface area contributed by atoms with Crippen LogP contribution in [0.5, 0.6) is 5.75 Å². The molecule has 3 unspecified atom stereocenters. The Morgan fingerprint density at radius 3 is 1.88 bits per heavy atom. The summed E-state index contributed by atoms with van der Waals surface area (Å²) in [7, 11) is 0. The maximum atomic E-state index is 11.3. The number of hydrogen-bond donors (Lipinski definition) is 3. The van der Waals surface area contributed by atoms with Crippen molar-refractivity contribution in [3.05, 3.63) is 114 Å². The van der Waals surface area contributed by atoms with Gasteiger partial charge in [0.25, 0.3) is 0 Å². The highest BCUT2D eigenvalue weighted by Crippen LogP contribution is 2.38. The number of ether oxygens (including phenoxy) is 1. The number of hydrogen-bond acceptors (Lipinski definition) is 7. The van der Waals surface area contributed by atoms with Crippen LogP contribution < -0.4 is 9.30 Å². The largest absolute Gasteiger partial charge is 0.487 e. The van der Waals surface area contributed by atoms with E-state index in [0.29, 0.717) is 13.0 Å². The second kappa shape index (κ2) is 14.8. The van der Waals surface area contributed by atoms with Crippen LogP contribution in [0.15, 0.2) is 85.7 Å². The number of rotatable bonds is 15. The number of aromatic nitrogens is 4. The lowest BCUT2D eigenvalue weighted by molar-refractivity contribution is -0.697. The first-order valence-electron chi connectivity index (χ1n) is 13.8. The molecule has 0 spiro atoms. The van der Waals surface area contributed by atoms with Gasteiger partial charge in [-0.2, -0.15) is 0 Å². The van der Waals surface area contributed by atoms with Gasteiger partial charge in [-0.3, -0.25) is 9.97 Å². The van der Waals surface area contributed by atoms with Crippen LogP contribution in [0.1, 0.15) is 81.6 Å². The molecule has 4 aromatic rings. The zero-order chi connectivity index (χ0) is 29.9. The molecule has 0 aliphatic heterocycles. The van der Waals surface area contributed by atoms with E-state index in [4.69, 9.17) is 4.74 Å². The van der Waals surface area contributed by atoms with Gasteiger partial charge in [0.15, 0.2) is 30.3 Å². The van der Waals surface area contributed by atoms with Crippen molar-refractivity contribution >= 4 is 11.9 Å². The van der Waals surface area contributed by atoms with E-state index in [2.05, 4.69) is 46.1 Å². The van der Waals surface area contributed by atoms with Gasteiger partial charge in [-0.05, 0) is 78.0 Å². The average molecular weight is 572 g/mol. The predicted octanol–water partition coefficient (Wildman–Crippen LogP) is 4.47. The molecule has 0 aliphatic carbocycles. The number of aliphatic hydroxyl groups excluding tert-OH is 1. The van der Waals surface area contributed by atoms with Crippen LogP contribution in [-0.4, -0.2) is 55.4 Å². The smallest absolute Gasteiger partial charge is 0.354 e. The zero-order valence-corrected chi connectivity index (χ0v) is 23.4. The molecule has 4 rings (SSSR count). The third-order valence-electron chi connectivity index (χ3n) is 7.38. The molecule has 0 aliphatic rings. The third kappa shape index (κ3) is 8.40. The van der Waals surface area contributed by atoms with E-state index >= 15 is 0 Å². The Kier molecular flexibility index (Phi) is 10.7. The van der Waals surface area contributed by atoms with E-state index in [0.717, 1.165) is 12.8 Å². The van der Waals surface area contributed by atoms with Crippen molar-refractivity contribution < 1.29 is 34.2 Å². The van der Waals surface area contributed by atoms with Gasteiger partial charge in [-0.1, -0.05) is 6.92 Å². The fraction of sp³-hybridized carbons (Fsp3) is 0.312. The summed E-state index contributed by atoms with van der Waals surface area (Å²) in [5.41, 5.74) is 2.83. The number of aliphatic hydroxyl groups is 1. The van der Waals surface area contributed by atoms with E-state index < -0.39 is 11.9 Å². The summed E-state index contributed by atoms with van der Waals surface area (Å²) in [6.07, 6.45) is 13.7. The highest BCUT2D eigenvalue weighted by atomic mass is 16.5. The maximum Gasteiger partial charge on any atom is 0.354 e. The minimum atomic E-state index is -1.32. The van der Waals surface area contributed by atoms with Crippen molar-refractivity contribution in [2.45, 2.75) is 50.5 Å². The van der Waals surface area contributed by atoms with Gasteiger partial charge < -0.3 is 20.1 Å². The van der Waals surface area contributed by atoms with Gasteiger partial charge in [0.1, 0.15) is 12.4 Å². The molecule has 4 heterocycles. The highest BCUT2D eigenvalue weighted by Gasteiger charge is 2.23. The first-order valence-corrected chi connectivity index (χ1v) is 13.8. The molecular weight excluding hydrogens is 536 g/mol. The molecule has 0 bridgehead atoms. The van der Waals surface area contributed by atoms with E-state index in [1.807, 2.05) is 41.5 Å². The van der Waals surface area contributed by atoms with Crippen molar-refractivity contribution in [2.75, 3.05) is 13.2 Å². The molecule has 218 valence electrons. The minimum Gasteiger partial charge on any atom is -0.487 e. The summed E-state index contributed by atoms with van der Waals surface area (Å²) in [6, 6.07) is 14.8. The Labute approximate surface area is 244 Å². The predicted molar refractivity (Wildman–Crippen MR) is 154 cm³/mol. The second-order valence-corrected chi connectivity index (χ2v) is 10.2. The van der Waals surface area contributed by atoms with E-state index in [9.17, 15) is 24.9 Å². The molecule has 10 heteroatoms. The van der Waals surface area contributed by atoms with E-state index in [1.165, 1.54) is 28.8 Å². The first kappa shape index (κ1) is 30.3. The number of carbonyl (C=O) groups is 2. The molecule has 42 heavy (non-hydrogen) atoms. The second-order valence-electron chi connectivity index (χ2n) is 10.2. The molecular formula is C32H35N4O6+. The Hall–Kier alpha value is -4.70. The molecule has 0 radical (unpaired) electrons. The van der Waals surface area contributed by atoms with Crippen LogP contribution in [0.4, 0.5) is 0 Å². The maximum absolute atomic E-state index is 11.3. The Morgan fingerprint density at radius 2 is 1.36 bits per heavy atom.